The van der Waals surface area contributed by atoms with Crippen molar-refractivity contribution >= 4 is 32.9 Å². The van der Waals surface area contributed by atoms with Crippen LogP contribution in [0.25, 0.3) is 10.2 Å². The first-order chi connectivity index (χ1) is 9.75. The zero-order chi connectivity index (χ0) is 13.9. The molecule has 1 saturated heterocycles. The predicted molar refractivity (Wildman–Crippen MR) is 80.4 cm³/mol. The average molecular weight is 292 g/mol. The fourth-order valence-electron chi connectivity index (χ4n) is 2.60. The number of anilines is 1. The van der Waals surface area contributed by atoms with Gasteiger partial charge in [0.15, 0.2) is 5.52 Å². The van der Waals surface area contributed by atoms with Crippen molar-refractivity contribution < 1.29 is 4.92 Å². The predicted octanol–water partition coefficient (Wildman–Crippen LogP) is 2.71. The SMILES string of the molecule is O=[N+]([O-])c1c(NCCN2CCCC2)ccc2scnc12. The second-order valence-corrected chi connectivity index (χ2v) is 5.78. The van der Waals surface area contributed by atoms with E-state index in [1.165, 1.54) is 24.2 Å². The van der Waals surface area contributed by atoms with Crippen LogP contribution in [-0.2, 0) is 0 Å². The summed E-state index contributed by atoms with van der Waals surface area (Å²) < 4.78 is 0.849. The minimum Gasteiger partial charge on any atom is -0.378 e. The number of nitro groups is 1. The molecular weight excluding hydrogens is 276 g/mol. The maximum absolute atomic E-state index is 11.3. The van der Waals surface area contributed by atoms with Gasteiger partial charge in [0, 0.05) is 13.1 Å². The van der Waals surface area contributed by atoms with Gasteiger partial charge in [0.25, 0.3) is 0 Å². The Morgan fingerprint density at radius 1 is 1.40 bits per heavy atom. The zero-order valence-corrected chi connectivity index (χ0v) is 11.9. The molecule has 0 spiro atoms. The molecule has 106 valence electrons. The highest BCUT2D eigenvalue weighted by atomic mass is 32.1. The number of thiazole rings is 1. The Kier molecular flexibility index (Phi) is 3.79. The van der Waals surface area contributed by atoms with Crippen LogP contribution in [0.15, 0.2) is 17.6 Å². The molecule has 0 bridgehead atoms. The van der Waals surface area contributed by atoms with Crippen LogP contribution in [0.1, 0.15) is 12.8 Å². The molecule has 1 aromatic carbocycles. The molecule has 7 heteroatoms. The molecule has 1 N–H and O–H groups in total. The van der Waals surface area contributed by atoms with Crippen molar-refractivity contribution in [1.82, 2.24) is 9.88 Å². The number of nitrogens with zero attached hydrogens (tertiary/aromatic N) is 3. The van der Waals surface area contributed by atoms with Crippen LogP contribution in [0.5, 0.6) is 0 Å². The van der Waals surface area contributed by atoms with E-state index in [4.69, 9.17) is 0 Å². The number of likely N-dealkylation sites (tertiary alicyclic amines) is 1. The first kappa shape index (κ1) is 13.3. The lowest BCUT2D eigenvalue weighted by molar-refractivity contribution is -0.382. The van der Waals surface area contributed by atoms with E-state index in [9.17, 15) is 10.1 Å². The first-order valence-electron chi connectivity index (χ1n) is 6.72. The van der Waals surface area contributed by atoms with Crippen molar-refractivity contribution in [2.45, 2.75) is 12.8 Å². The Balaban J connectivity index is 1.76. The summed E-state index contributed by atoms with van der Waals surface area (Å²) in [6.07, 6.45) is 2.51. The molecule has 0 radical (unpaired) electrons. The van der Waals surface area contributed by atoms with Gasteiger partial charge in [-0.2, -0.15) is 0 Å². The lowest BCUT2D eigenvalue weighted by Crippen LogP contribution is -2.26. The highest BCUT2D eigenvalue weighted by molar-refractivity contribution is 7.16. The lowest BCUT2D eigenvalue weighted by Gasteiger charge is -2.15. The quantitative estimate of drug-likeness (QED) is 0.677. The highest BCUT2D eigenvalue weighted by Crippen LogP contribution is 2.34. The molecule has 2 aromatic rings. The van der Waals surface area contributed by atoms with Gasteiger partial charge < -0.3 is 10.2 Å². The number of fused-ring (bicyclic) bond motifs is 1. The van der Waals surface area contributed by atoms with E-state index < -0.39 is 0 Å². The van der Waals surface area contributed by atoms with E-state index in [0.717, 1.165) is 30.9 Å². The summed E-state index contributed by atoms with van der Waals surface area (Å²) >= 11 is 1.42. The minimum atomic E-state index is -0.347. The number of benzene rings is 1. The summed E-state index contributed by atoms with van der Waals surface area (Å²) in [6, 6.07) is 3.67. The molecule has 0 aliphatic carbocycles. The van der Waals surface area contributed by atoms with Gasteiger partial charge in [0.2, 0.25) is 0 Å². The number of rotatable bonds is 5. The largest absolute Gasteiger partial charge is 0.378 e. The average Bonchev–Trinajstić information content (AvgIpc) is 3.07. The third-order valence-corrected chi connectivity index (χ3v) is 4.39. The van der Waals surface area contributed by atoms with Gasteiger partial charge >= 0.3 is 5.69 Å². The zero-order valence-electron chi connectivity index (χ0n) is 11.0. The lowest BCUT2D eigenvalue weighted by atomic mass is 10.2. The molecule has 1 fully saturated rings. The topological polar surface area (TPSA) is 71.3 Å². The summed E-state index contributed by atoms with van der Waals surface area (Å²) in [7, 11) is 0. The summed E-state index contributed by atoms with van der Waals surface area (Å²) in [6.45, 7) is 3.91. The molecule has 1 aliphatic rings. The van der Waals surface area contributed by atoms with Crippen molar-refractivity contribution in [3.63, 3.8) is 0 Å². The Labute approximate surface area is 120 Å². The molecule has 3 rings (SSSR count). The number of hydrogen-bond acceptors (Lipinski definition) is 6. The first-order valence-corrected chi connectivity index (χ1v) is 7.60. The van der Waals surface area contributed by atoms with Crippen LogP contribution >= 0.6 is 11.3 Å². The summed E-state index contributed by atoms with van der Waals surface area (Å²) in [4.78, 5) is 17.4. The van der Waals surface area contributed by atoms with Gasteiger partial charge in [-0.05, 0) is 38.1 Å². The second-order valence-electron chi connectivity index (χ2n) is 4.89. The van der Waals surface area contributed by atoms with Crippen LogP contribution in [-0.4, -0.2) is 41.0 Å². The third kappa shape index (κ3) is 2.59. The molecule has 0 amide bonds. The van der Waals surface area contributed by atoms with Gasteiger partial charge in [-0.25, -0.2) is 4.98 Å². The van der Waals surface area contributed by atoms with Gasteiger partial charge in [-0.3, -0.25) is 10.1 Å². The van der Waals surface area contributed by atoms with E-state index in [2.05, 4.69) is 15.2 Å². The van der Waals surface area contributed by atoms with Crippen LogP contribution in [0.2, 0.25) is 0 Å². The fourth-order valence-corrected chi connectivity index (χ4v) is 3.28. The van der Waals surface area contributed by atoms with Crippen molar-refractivity contribution in [3.8, 4) is 0 Å². The van der Waals surface area contributed by atoms with Crippen molar-refractivity contribution in [1.29, 1.82) is 0 Å². The van der Waals surface area contributed by atoms with Crippen molar-refractivity contribution in [3.05, 3.63) is 27.8 Å². The van der Waals surface area contributed by atoms with Gasteiger partial charge in [0.05, 0.1) is 15.1 Å². The normalized spacial score (nSPS) is 15.8. The fraction of sp³-hybridized carbons (Fsp3) is 0.462. The van der Waals surface area contributed by atoms with Crippen molar-refractivity contribution in [2.24, 2.45) is 0 Å². The standard InChI is InChI=1S/C13H16N4O2S/c18-17(19)13-10(3-4-11-12(13)15-9-20-11)14-5-8-16-6-1-2-7-16/h3-4,9,14H,1-2,5-8H2. The Morgan fingerprint density at radius 3 is 2.95 bits per heavy atom. The molecular formula is C13H16N4O2S. The molecule has 1 aliphatic heterocycles. The van der Waals surface area contributed by atoms with E-state index in [1.807, 2.05) is 6.07 Å². The van der Waals surface area contributed by atoms with E-state index >= 15 is 0 Å². The smallest absolute Gasteiger partial charge is 0.319 e. The highest BCUT2D eigenvalue weighted by Gasteiger charge is 2.20. The number of aromatic nitrogens is 1. The molecule has 0 unspecified atom stereocenters. The third-order valence-electron chi connectivity index (χ3n) is 3.60. The molecule has 6 nitrogen and oxygen atoms in total. The molecule has 2 heterocycles. The van der Waals surface area contributed by atoms with Gasteiger partial charge in [-0.1, -0.05) is 0 Å². The Bertz CT molecular complexity index is 622. The molecule has 1 aromatic heterocycles. The monoisotopic (exact) mass is 292 g/mol. The van der Waals surface area contributed by atoms with Crippen LogP contribution in [0, 0.1) is 10.1 Å². The van der Waals surface area contributed by atoms with E-state index in [1.54, 1.807) is 11.6 Å². The summed E-state index contributed by atoms with van der Waals surface area (Å²) in [5.41, 5.74) is 2.77. The number of nitrogens with one attached hydrogen (secondary N) is 1. The van der Waals surface area contributed by atoms with Crippen molar-refractivity contribution in [2.75, 3.05) is 31.5 Å². The van der Waals surface area contributed by atoms with Crippen LogP contribution in [0.4, 0.5) is 11.4 Å². The molecule has 0 atom stereocenters. The second kappa shape index (κ2) is 5.72. The van der Waals surface area contributed by atoms with Crippen LogP contribution in [0.3, 0.4) is 0 Å². The maximum Gasteiger partial charge on any atom is 0.319 e. The van der Waals surface area contributed by atoms with E-state index in [0.29, 0.717) is 11.2 Å². The number of nitro benzene ring substituents is 1. The molecule has 20 heavy (non-hydrogen) atoms. The number of hydrogen-bond donors (Lipinski definition) is 1. The maximum atomic E-state index is 11.3. The minimum absolute atomic E-state index is 0.0881. The van der Waals surface area contributed by atoms with Gasteiger partial charge in [0.1, 0.15) is 5.69 Å². The van der Waals surface area contributed by atoms with E-state index in [-0.39, 0.29) is 10.6 Å². The Morgan fingerprint density at radius 2 is 2.20 bits per heavy atom. The Hall–Kier alpha value is -1.73. The molecule has 0 saturated carbocycles. The summed E-state index contributed by atoms with van der Waals surface area (Å²) in [5.74, 6) is 0. The summed E-state index contributed by atoms with van der Waals surface area (Å²) in [5, 5.41) is 14.5. The van der Waals surface area contributed by atoms with Gasteiger partial charge in [-0.15, -0.1) is 11.3 Å². The van der Waals surface area contributed by atoms with Crippen LogP contribution < -0.4 is 5.32 Å².